The van der Waals surface area contributed by atoms with Gasteiger partial charge in [-0.2, -0.15) is 0 Å². The predicted molar refractivity (Wildman–Crippen MR) is 79.1 cm³/mol. The summed E-state index contributed by atoms with van der Waals surface area (Å²) in [5.74, 6) is 0.127. The second kappa shape index (κ2) is 6.37. The monoisotopic (exact) mass is 272 g/mol. The number of rotatable bonds is 6. The summed E-state index contributed by atoms with van der Waals surface area (Å²) in [6.07, 6.45) is 4.72. The first-order valence-electron chi connectivity index (χ1n) is 6.95. The highest BCUT2D eigenvalue weighted by molar-refractivity contribution is 5.95. The Bertz CT molecular complexity index is 623. The summed E-state index contributed by atoms with van der Waals surface area (Å²) >= 11 is 0. The molecule has 0 spiro atoms. The molecule has 0 saturated carbocycles. The van der Waals surface area contributed by atoms with Crippen molar-refractivity contribution in [2.45, 2.75) is 39.3 Å². The van der Waals surface area contributed by atoms with Crippen LogP contribution < -0.4 is 5.69 Å². The van der Waals surface area contributed by atoms with Crippen LogP contribution in [0.4, 0.5) is 0 Å². The van der Waals surface area contributed by atoms with E-state index >= 15 is 0 Å². The van der Waals surface area contributed by atoms with Crippen LogP contribution in [0, 0.1) is 0 Å². The van der Waals surface area contributed by atoms with E-state index in [1.165, 1.54) is 0 Å². The molecule has 4 nitrogen and oxygen atoms in total. The van der Waals surface area contributed by atoms with Crippen LogP contribution in [0.2, 0.25) is 0 Å². The molecule has 0 aliphatic heterocycles. The van der Waals surface area contributed by atoms with Gasteiger partial charge in [-0.05, 0) is 20.3 Å². The van der Waals surface area contributed by atoms with E-state index in [9.17, 15) is 9.59 Å². The fourth-order valence-corrected chi connectivity index (χ4v) is 2.17. The van der Waals surface area contributed by atoms with E-state index in [2.05, 4.69) is 0 Å². The molecule has 0 atom stereocenters. The number of imidazole rings is 1. The molecule has 2 aromatic rings. The van der Waals surface area contributed by atoms with Crippen molar-refractivity contribution in [2.24, 2.45) is 0 Å². The van der Waals surface area contributed by atoms with Crippen molar-refractivity contribution in [3.8, 4) is 0 Å². The van der Waals surface area contributed by atoms with Crippen LogP contribution in [0.15, 0.2) is 47.5 Å². The average Bonchev–Trinajstić information content (AvgIpc) is 2.81. The molecular weight excluding hydrogens is 252 g/mol. The molecule has 0 N–H and O–H groups in total. The summed E-state index contributed by atoms with van der Waals surface area (Å²) in [5, 5.41) is 0. The van der Waals surface area contributed by atoms with E-state index in [0.29, 0.717) is 19.4 Å². The summed E-state index contributed by atoms with van der Waals surface area (Å²) < 4.78 is 3.36. The molecule has 0 radical (unpaired) electrons. The highest BCUT2D eigenvalue weighted by Gasteiger charge is 2.08. The first-order chi connectivity index (χ1) is 9.59. The Balaban J connectivity index is 1.91. The van der Waals surface area contributed by atoms with Crippen LogP contribution in [0.25, 0.3) is 0 Å². The minimum absolute atomic E-state index is 0.00726. The van der Waals surface area contributed by atoms with Gasteiger partial charge >= 0.3 is 5.69 Å². The van der Waals surface area contributed by atoms with E-state index in [0.717, 1.165) is 5.56 Å². The van der Waals surface area contributed by atoms with Crippen molar-refractivity contribution < 1.29 is 4.79 Å². The van der Waals surface area contributed by atoms with Gasteiger partial charge in [-0.25, -0.2) is 4.79 Å². The second-order valence-electron chi connectivity index (χ2n) is 5.17. The second-order valence-corrected chi connectivity index (χ2v) is 5.17. The lowest BCUT2D eigenvalue weighted by molar-refractivity contribution is 0.0978. The molecule has 1 heterocycles. The Morgan fingerprint density at radius 3 is 2.45 bits per heavy atom. The lowest BCUT2D eigenvalue weighted by atomic mass is 10.1. The van der Waals surface area contributed by atoms with Gasteiger partial charge in [-0.3, -0.25) is 13.9 Å². The number of Topliss-reactive ketones (excluding diaryl/α,β-unsaturated/α-hetero) is 1. The van der Waals surface area contributed by atoms with Gasteiger partial charge in [0.15, 0.2) is 5.78 Å². The third kappa shape index (κ3) is 3.26. The summed E-state index contributed by atoms with van der Waals surface area (Å²) in [6, 6.07) is 9.43. The Hall–Kier alpha value is -2.10. The number of carbonyl (C=O) groups is 1. The number of nitrogens with zero attached hydrogens (tertiary/aromatic N) is 2. The van der Waals surface area contributed by atoms with Gasteiger partial charge in [0.25, 0.3) is 0 Å². The molecular formula is C16H20N2O2. The zero-order chi connectivity index (χ0) is 14.5. The van der Waals surface area contributed by atoms with E-state index in [1.807, 2.05) is 44.2 Å². The van der Waals surface area contributed by atoms with Crippen molar-refractivity contribution in [3.05, 3.63) is 58.8 Å². The summed E-state index contributed by atoms with van der Waals surface area (Å²) in [6.45, 7) is 4.53. The standard InChI is InChI=1S/C16H20N2O2/c1-13(2)18-12-11-17(16(18)20)10-6-9-15(19)14-7-4-3-5-8-14/h3-5,7-8,11-13H,6,9-10H2,1-2H3. The van der Waals surface area contributed by atoms with Crippen molar-refractivity contribution in [1.29, 1.82) is 0 Å². The molecule has 0 aliphatic rings. The van der Waals surface area contributed by atoms with Gasteiger partial charge in [-0.1, -0.05) is 30.3 Å². The first-order valence-corrected chi connectivity index (χ1v) is 6.95. The maximum absolute atomic E-state index is 12.0. The smallest absolute Gasteiger partial charge is 0.299 e. The van der Waals surface area contributed by atoms with E-state index in [1.54, 1.807) is 21.5 Å². The summed E-state index contributed by atoms with van der Waals surface area (Å²) in [5.41, 5.74) is 0.728. The van der Waals surface area contributed by atoms with Crippen LogP contribution in [0.3, 0.4) is 0 Å². The number of aromatic nitrogens is 2. The molecule has 0 saturated heterocycles. The SMILES string of the molecule is CC(C)n1ccn(CCCC(=O)c2ccccc2)c1=O. The third-order valence-corrected chi connectivity index (χ3v) is 3.33. The minimum atomic E-state index is -0.00726. The quantitative estimate of drug-likeness (QED) is 0.759. The molecule has 0 fully saturated rings. The summed E-state index contributed by atoms with van der Waals surface area (Å²) in [4.78, 5) is 23.9. The highest BCUT2D eigenvalue weighted by Crippen LogP contribution is 2.06. The van der Waals surface area contributed by atoms with Crippen LogP contribution >= 0.6 is 0 Å². The average molecular weight is 272 g/mol. The minimum Gasteiger partial charge on any atom is -0.299 e. The molecule has 0 aliphatic carbocycles. The molecule has 20 heavy (non-hydrogen) atoms. The van der Waals surface area contributed by atoms with Crippen molar-refractivity contribution in [3.63, 3.8) is 0 Å². The predicted octanol–water partition coefficient (Wildman–Crippen LogP) is 2.89. The molecule has 2 rings (SSSR count). The number of aryl methyl sites for hydroxylation is 1. The van der Waals surface area contributed by atoms with Crippen LogP contribution in [0.1, 0.15) is 43.1 Å². The van der Waals surface area contributed by atoms with Crippen molar-refractivity contribution in [1.82, 2.24) is 9.13 Å². The fourth-order valence-electron chi connectivity index (χ4n) is 2.17. The molecule has 0 unspecified atom stereocenters. The number of carbonyl (C=O) groups excluding carboxylic acids is 1. The van der Waals surface area contributed by atoms with E-state index in [-0.39, 0.29) is 17.5 Å². The van der Waals surface area contributed by atoms with Crippen LogP contribution in [0.5, 0.6) is 0 Å². The number of hydrogen-bond acceptors (Lipinski definition) is 2. The Morgan fingerprint density at radius 1 is 1.15 bits per heavy atom. The number of ketones is 1. The first kappa shape index (κ1) is 14.3. The van der Waals surface area contributed by atoms with E-state index in [4.69, 9.17) is 0 Å². The zero-order valence-corrected chi connectivity index (χ0v) is 12.0. The Morgan fingerprint density at radius 2 is 1.85 bits per heavy atom. The normalized spacial score (nSPS) is 10.9. The molecule has 106 valence electrons. The maximum Gasteiger partial charge on any atom is 0.328 e. The van der Waals surface area contributed by atoms with Crippen LogP contribution in [-0.4, -0.2) is 14.9 Å². The topological polar surface area (TPSA) is 44.0 Å². The van der Waals surface area contributed by atoms with Gasteiger partial charge in [0.1, 0.15) is 0 Å². The molecule has 0 bridgehead atoms. The van der Waals surface area contributed by atoms with Gasteiger partial charge in [0, 0.05) is 37.0 Å². The molecule has 0 amide bonds. The van der Waals surface area contributed by atoms with Crippen molar-refractivity contribution >= 4 is 5.78 Å². The Kier molecular flexibility index (Phi) is 4.56. The van der Waals surface area contributed by atoms with Gasteiger partial charge in [0.05, 0.1) is 0 Å². The van der Waals surface area contributed by atoms with Crippen LogP contribution in [-0.2, 0) is 6.54 Å². The maximum atomic E-state index is 12.0. The highest BCUT2D eigenvalue weighted by atomic mass is 16.1. The lowest BCUT2D eigenvalue weighted by Crippen LogP contribution is -2.25. The van der Waals surface area contributed by atoms with Gasteiger partial charge in [0.2, 0.25) is 0 Å². The zero-order valence-electron chi connectivity index (χ0n) is 12.0. The largest absolute Gasteiger partial charge is 0.328 e. The van der Waals surface area contributed by atoms with Gasteiger partial charge in [-0.15, -0.1) is 0 Å². The van der Waals surface area contributed by atoms with E-state index < -0.39 is 0 Å². The molecule has 4 heteroatoms. The third-order valence-electron chi connectivity index (χ3n) is 3.33. The molecule has 1 aromatic heterocycles. The van der Waals surface area contributed by atoms with Crippen molar-refractivity contribution in [2.75, 3.05) is 0 Å². The number of benzene rings is 1. The lowest BCUT2D eigenvalue weighted by Gasteiger charge is -2.05. The fraction of sp³-hybridized carbons (Fsp3) is 0.375. The summed E-state index contributed by atoms with van der Waals surface area (Å²) in [7, 11) is 0. The van der Waals surface area contributed by atoms with Gasteiger partial charge < -0.3 is 0 Å². The molecule has 1 aromatic carbocycles. The number of hydrogen-bond donors (Lipinski definition) is 0. The Labute approximate surface area is 118 Å².